The van der Waals surface area contributed by atoms with Crippen LogP contribution in [0.2, 0.25) is 0 Å². The van der Waals surface area contributed by atoms with Crippen LogP contribution in [0.4, 0.5) is 0 Å². The molecular formula is C17H33N3O2. The Morgan fingerprint density at radius 2 is 1.77 bits per heavy atom. The minimum absolute atomic E-state index is 0.0405. The topological polar surface area (TPSA) is 36.0 Å². The van der Waals surface area contributed by atoms with Crippen LogP contribution in [0.3, 0.4) is 0 Å². The average molecular weight is 311 g/mol. The number of carbonyl (C=O) groups is 1. The van der Waals surface area contributed by atoms with Gasteiger partial charge in [0, 0.05) is 53.0 Å². The molecule has 22 heavy (non-hydrogen) atoms. The molecule has 2 aliphatic rings. The van der Waals surface area contributed by atoms with Crippen LogP contribution < -0.4 is 0 Å². The Kier molecular flexibility index (Phi) is 7.12. The summed E-state index contributed by atoms with van der Waals surface area (Å²) in [7, 11) is 3.92. The molecule has 5 heteroatoms. The molecule has 128 valence electrons. The van der Waals surface area contributed by atoms with Crippen molar-refractivity contribution in [1.29, 1.82) is 0 Å². The van der Waals surface area contributed by atoms with Gasteiger partial charge in [0.2, 0.25) is 5.91 Å². The van der Waals surface area contributed by atoms with Crippen LogP contribution in [-0.4, -0.2) is 86.7 Å². The van der Waals surface area contributed by atoms with E-state index in [1.807, 2.05) is 0 Å². The van der Waals surface area contributed by atoms with Gasteiger partial charge in [0.25, 0.3) is 0 Å². The molecule has 1 atom stereocenters. The van der Waals surface area contributed by atoms with Crippen molar-refractivity contribution in [2.75, 3.05) is 60.0 Å². The number of methoxy groups -OCH3 is 1. The van der Waals surface area contributed by atoms with Crippen LogP contribution in [-0.2, 0) is 9.53 Å². The molecule has 5 nitrogen and oxygen atoms in total. The number of piperidine rings is 1. The van der Waals surface area contributed by atoms with Gasteiger partial charge in [-0.1, -0.05) is 0 Å². The van der Waals surface area contributed by atoms with E-state index in [1.54, 1.807) is 7.11 Å². The van der Waals surface area contributed by atoms with E-state index in [0.29, 0.717) is 5.91 Å². The molecule has 1 amide bonds. The Balaban J connectivity index is 1.72. The lowest BCUT2D eigenvalue weighted by molar-refractivity contribution is -0.138. The quantitative estimate of drug-likeness (QED) is 0.693. The minimum atomic E-state index is 0.0405. The van der Waals surface area contributed by atoms with E-state index in [9.17, 15) is 4.79 Å². The Morgan fingerprint density at radius 1 is 1.14 bits per heavy atom. The zero-order valence-electron chi connectivity index (χ0n) is 14.6. The number of amides is 1. The molecule has 2 aliphatic heterocycles. The molecule has 0 radical (unpaired) electrons. The first-order chi connectivity index (χ1) is 10.6. The van der Waals surface area contributed by atoms with Gasteiger partial charge in [0.05, 0.1) is 6.04 Å². The van der Waals surface area contributed by atoms with Crippen LogP contribution in [0.5, 0.6) is 0 Å². The van der Waals surface area contributed by atoms with Crippen molar-refractivity contribution >= 4 is 5.91 Å². The number of hydrogen-bond acceptors (Lipinski definition) is 4. The number of nitrogens with zero attached hydrogens (tertiary/aromatic N) is 3. The van der Waals surface area contributed by atoms with Crippen molar-refractivity contribution in [2.45, 2.75) is 38.6 Å². The lowest BCUT2D eigenvalue weighted by Crippen LogP contribution is -2.54. The molecule has 2 fully saturated rings. The molecule has 1 unspecified atom stereocenters. The first-order valence-corrected chi connectivity index (χ1v) is 8.82. The fourth-order valence-corrected chi connectivity index (χ4v) is 3.59. The van der Waals surface area contributed by atoms with Crippen molar-refractivity contribution < 1.29 is 9.53 Å². The number of piperazine rings is 1. The summed E-state index contributed by atoms with van der Waals surface area (Å²) in [5.41, 5.74) is 0. The maximum Gasteiger partial charge on any atom is 0.239 e. The standard InChI is InChI=1S/C17H33N3O2/c1-15(19-12-10-18(2)11-13-19)17(21)20-8-6-16(7-9-20)5-4-14-22-3/h15-16H,4-14H2,1-3H3. The van der Waals surface area contributed by atoms with Crippen molar-refractivity contribution in [1.82, 2.24) is 14.7 Å². The highest BCUT2D eigenvalue weighted by molar-refractivity contribution is 5.81. The number of rotatable bonds is 6. The largest absolute Gasteiger partial charge is 0.385 e. The molecular weight excluding hydrogens is 278 g/mol. The summed E-state index contributed by atoms with van der Waals surface area (Å²) in [6, 6.07) is 0.0405. The zero-order valence-corrected chi connectivity index (χ0v) is 14.6. The molecule has 0 N–H and O–H groups in total. The number of ether oxygens (including phenoxy) is 1. The second-order valence-electron chi connectivity index (χ2n) is 6.92. The first kappa shape index (κ1) is 17.7. The predicted octanol–water partition coefficient (Wildman–Crippen LogP) is 1.29. The second kappa shape index (κ2) is 8.85. The maximum atomic E-state index is 12.7. The Hall–Kier alpha value is -0.650. The van der Waals surface area contributed by atoms with Gasteiger partial charge >= 0.3 is 0 Å². The van der Waals surface area contributed by atoms with Gasteiger partial charge in [-0.2, -0.15) is 0 Å². The number of likely N-dealkylation sites (N-methyl/N-ethyl adjacent to an activating group) is 1. The highest BCUT2D eigenvalue weighted by Crippen LogP contribution is 2.23. The lowest BCUT2D eigenvalue weighted by atomic mass is 9.92. The lowest BCUT2D eigenvalue weighted by Gasteiger charge is -2.39. The van der Waals surface area contributed by atoms with E-state index in [-0.39, 0.29) is 6.04 Å². The Bertz CT molecular complexity index is 335. The molecule has 0 aromatic heterocycles. The van der Waals surface area contributed by atoms with E-state index < -0.39 is 0 Å². The predicted molar refractivity (Wildman–Crippen MR) is 88.9 cm³/mol. The highest BCUT2D eigenvalue weighted by Gasteiger charge is 2.30. The molecule has 0 aliphatic carbocycles. The SMILES string of the molecule is COCCCC1CCN(C(=O)C(C)N2CCN(C)CC2)CC1. The van der Waals surface area contributed by atoms with E-state index in [0.717, 1.165) is 71.1 Å². The van der Waals surface area contributed by atoms with Crippen LogP contribution in [0.25, 0.3) is 0 Å². The number of hydrogen-bond donors (Lipinski definition) is 0. The Labute approximate surface area is 135 Å². The van der Waals surface area contributed by atoms with Crippen molar-refractivity contribution in [3.8, 4) is 0 Å². The molecule has 0 spiro atoms. The molecule has 0 bridgehead atoms. The molecule has 2 heterocycles. The average Bonchev–Trinajstić information content (AvgIpc) is 2.55. The van der Waals surface area contributed by atoms with Gasteiger partial charge in [-0.3, -0.25) is 9.69 Å². The summed E-state index contributed by atoms with van der Waals surface area (Å²) in [4.78, 5) is 19.5. The first-order valence-electron chi connectivity index (χ1n) is 8.82. The summed E-state index contributed by atoms with van der Waals surface area (Å²) >= 11 is 0. The molecule has 2 saturated heterocycles. The van der Waals surface area contributed by atoms with Crippen molar-refractivity contribution in [3.05, 3.63) is 0 Å². The monoisotopic (exact) mass is 311 g/mol. The van der Waals surface area contributed by atoms with Crippen LogP contribution >= 0.6 is 0 Å². The van der Waals surface area contributed by atoms with E-state index in [2.05, 4.69) is 28.7 Å². The van der Waals surface area contributed by atoms with Gasteiger partial charge < -0.3 is 14.5 Å². The van der Waals surface area contributed by atoms with E-state index in [1.165, 1.54) is 6.42 Å². The highest BCUT2D eigenvalue weighted by atomic mass is 16.5. The number of likely N-dealkylation sites (tertiary alicyclic amines) is 1. The summed E-state index contributed by atoms with van der Waals surface area (Å²) < 4.78 is 5.12. The van der Waals surface area contributed by atoms with Gasteiger partial charge in [-0.15, -0.1) is 0 Å². The van der Waals surface area contributed by atoms with Crippen LogP contribution in [0.15, 0.2) is 0 Å². The molecule has 0 aromatic carbocycles. The molecule has 2 rings (SSSR count). The van der Waals surface area contributed by atoms with Gasteiger partial charge in [0.1, 0.15) is 0 Å². The van der Waals surface area contributed by atoms with Crippen molar-refractivity contribution in [3.63, 3.8) is 0 Å². The van der Waals surface area contributed by atoms with Gasteiger partial charge in [0.15, 0.2) is 0 Å². The van der Waals surface area contributed by atoms with Gasteiger partial charge in [-0.05, 0) is 45.6 Å². The minimum Gasteiger partial charge on any atom is -0.385 e. The van der Waals surface area contributed by atoms with Gasteiger partial charge in [-0.25, -0.2) is 0 Å². The second-order valence-corrected chi connectivity index (χ2v) is 6.92. The van der Waals surface area contributed by atoms with Crippen LogP contribution in [0, 0.1) is 5.92 Å². The normalized spacial score (nSPS) is 23.7. The summed E-state index contributed by atoms with van der Waals surface area (Å²) in [6.45, 7) is 8.98. The maximum absolute atomic E-state index is 12.7. The van der Waals surface area contributed by atoms with Crippen LogP contribution in [0.1, 0.15) is 32.6 Å². The third-order valence-electron chi connectivity index (χ3n) is 5.33. The van der Waals surface area contributed by atoms with E-state index in [4.69, 9.17) is 4.74 Å². The smallest absolute Gasteiger partial charge is 0.239 e. The third kappa shape index (κ3) is 4.93. The molecule has 0 aromatic rings. The van der Waals surface area contributed by atoms with Crippen molar-refractivity contribution in [2.24, 2.45) is 5.92 Å². The van der Waals surface area contributed by atoms with E-state index >= 15 is 0 Å². The fraction of sp³-hybridized carbons (Fsp3) is 0.941. The summed E-state index contributed by atoms with van der Waals surface area (Å²) in [5.74, 6) is 1.11. The Morgan fingerprint density at radius 3 is 2.36 bits per heavy atom. The fourth-order valence-electron chi connectivity index (χ4n) is 3.59. The summed E-state index contributed by atoms with van der Waals surface area (Å²) in [6.07, 6.45) is 4.70. The zero-order chi connectivity index (χ0) is 15.9. The third-order valence-corrected chi connectivity index (χ3v) is 5.33. The number of carbonyl (C=O) groups excluding carboxylic acids is 1. The summed E-state index contributed by atoms with van der Waals surface area (Å²) in [5, 5.41) is 0. The molecule has 0 saturated carbocycles.